The Hall–Kier alpha value is -4.33. The highest BCUT2D eigenvalue weighted by Gasteiger charge is 2.25. The van der Waals surface area contributed by atoms with Crippen LogP contribution in [0.15, 0.2) is 66.5 Å². The van der Waals surface area contributed by atoms with Crippen LogP contribution in [-0.2, 0) is 11.3 Å². The van der Waals surface area contributed by atoms with E-state index < -0.39 is 29.6 Å². The summed E-state index contributed by atoms with van der Waals surface area (Å²) in [5, 5.41) is 14.2. The first kappa shape index (κ1) is 29.2. The van der Waals surface area contributed by atoms with E-state index in [-0.39, 0.29) is 24.2 Å². The van der Waals surface area contributed by atoms with Crippen LogP contribution in [-0.4, -0.2) is 65.3 Å². The Kier molecular flexibility index (Phi) is 9.10. The number of carbonyl (C=O) groups excluding carboxylic acids is 1. The normalized spacial score (nSPS) is 18.8. The number of fused-ring (bicyclic) bond motifs is 1. The molecule has 0 aliphatic carbocycles. The van der Waals surface area contributed by atoms with Crippen molar-refractivity contribution in [1.82, 2.24) is 20.1 Å². The zero-order valence-corrected chi connectivity index (χ0v) is 23.1. The molecule has 1 aromatic heterocycles. The number of aliphatic hydroxyl groups is 1. The Balaban J connectivity index is 1.18. The Labute approximate surface area is 242 Å². The number of rotatable bonds is 7. The summed E-state index contributed by atoms with van der Waals surface area (Å²) < 4.78 is 46.7. The number of pyridine rings is 1. The zero-order valence-electron chi connectivity index (χ0n) is 23.1. The Morgan fingerprint density at radius 1 is 1.19 bits per heavy atom. The zero-order chi connectivity index (χ0) is 29.6. The second-order valence-corrected chi connectivity index (χ2v) is 10.5. The predicted octanol–water partition coefficient (Wildman–Crippen LogP) is 4.11. The minimum absolute atomic E-state index is 0.0185. The molecule has 1 saturated heterocycles. The number of benzene rings is 2. The molecule has 1 fully saturated rings. The van der Waals surface area contributed by atoms with Gasteiger partial charge in [-0.25, -0.2) is 13.2 Å². The van der Waals surface area contributed by atoms with Crippen molar-refractivity contribution in [2.45, 2.75) is 25.6 Å². The number of allylic oxidation sites excluding steroid dienone is 2. The maximum Gasteiger partial charge on any atom is 0.252 e. The molecule has 2 atom stereocenters. The van der Waals surface area contributed by atoms with Gasteiger partial charge in [-0.1, -0.05) is 11.8 Å². The first-order valence-electron chi connectivity index (χ1n) is 13.7. The van der Waals surface area contributed by atoms with Gasteiger partial charge in [0.2, 0.25) is 0 Å². The van der Waals surface area contributed by atoms with Crippen LogP contribution < -0.4 is 10.1 Å². The molecule has 2 aromatic carbocycles. The largest absolute Gasteiger partial charge is 0.492 e. The molecule has 0 bridgehead atoms. The third-order valence-corrected chi connectivity index (χ3v) is 7.28. The minimum Gasteiger partial charge on any atom is -0.492 e. The molecule has 218 valence electrons. The number of carbonyl (C=O) groups is 1. The van der Waals surface area contributed by atoms with E-state index in [2.05, 4.69) is 34.1 Å². The summed E-state index contributed by atoms with van der Waals surface area (Å²) in [7, 11) is 2.13. The molecule has 0 radical (unpaired) electrons. The van der Waals surface area contributed by atoms with E-state index in [0.29, 0.717) is 12.5 Å². The lowest BCUT2D eigenvalue weighted by molar-refractivity contribution is -0.119. The molecule has 2 aliphatic heterocycles. The van der Waals surface area contributed by atoms with Crippen molar-refractivity contribution in [3.63, 3.8) is 0 Å². The van der Waals surface area contributed by atoms with Gasteiger partial charge in [-0.3, -0.25) is 9.78 Å². The summed E-state index contributed by atoms with van der Waals surface area (Å²) in [6.45, 7) is 2.65. The van der Waals surface area contributed by atoms with Gasteiger partial charge >= 0.3 is 0 Å². The van der Waals surface area contributed by atoms with Crippen molar-refractivity contribution >= 4 is 16.8 Å². The van der Waals surface area contributed by atoms with Gasteiger partial charge in [0.05, 0.1) is 24.2 Å². The SMILES string of the molecule is CN1CCC[C@@H](COc2ccnc3ccc(C#CCNC(=O)C4=CC=CN(Cc5cc(F)c(F)c(F)c5)C4O)cc23)C1. The summed E-state index contributed by atoms with van der Waals surface area (Å²) >= 11 is 0. The molecule has 1 unspecified atom stereocenters. The fourth-order valence-corrected chi connectivity index (χ4v) is 5.16. The van der Waals surface area contributed by atoms with Gasteiger partial charge in [0.1, 0.15) is 5.75 Å². The van der Waals surface area contributed by atoms with Gasteiger partial charge in [-0.2, -0.15) is 0 Å². The third-order valence-electron chi connectivity index (χ3n) is 7.28. The number of piperidine rings is 1. The van der Waals surface area contributed by atoms with Crippen molar-refractivity contribution in [3.05, 3.63) is 95.1 Å². The number of aromatic nitrogens is 1. The molecule has 42 heavy (non-hydrogen) atoms. The number of nitrogens with zero attached hydrogens (tertiary/aromatic N) is 3. The van der Waals surface area contributed by atoms with E-state index in [0.717, 1.165) is 53.9 Å². The monoisotopic (exact) mass is 576 g/mol. The van der Waals surface area contributed by atoms with Gasteiger partial charge in [0, 0.05) is 42.4 Å². The highest BCUT2D eigenvalue weighted by atomic mass is 19.2. The number of ether oxygens (including phenoxy) is 1. The standard InChI is InChI=1S/C32H31F3N4O3/c1-38-13-3-6-22(18-38)20-42-29-10-12-36-28-9-8-21(15-25(28)29)5-2-11-37-31(40)24-7-4-14-39(32(24)41)19-23-16-26(33)30(35)27(34)17-23/h4,7-10,12,14-17,22,32,41H,3,6,11,13,18-20H2,1H3,(H,37,40)/t22-,32?/m1/s1. The van der Waals surface area contributed by atoms with Crippen LogP contribution >= 0.6 is 0 Å². The summed E-state index contributed by atoms with van der Waals surface area (Å²) in [5.41, 5.74) is 1.67. The lowest BCUT2D eigenvalue weighted by Gasteiger charge is -2.30. The van der Waals surface area contributed by atoms with E-state index in [9.17, 15) is 23.1 Å². The highest BCUT2D eigenvalue weighted by molar-refractivity contribution is 5.95. The Morgan fingerprint density at radius 3 is 2.79 bits per heavy atom. The average Bonchev–Trinajstić information content (AvgIpc) is 2.98. The molecule has 5 rings (SSSR count). The van der Waals surface area contributed by atoms with E-state index in [1.54, 1.807) is 6.20 Å². The summed E-state index contributed by atoms with van der Waals surface area (Å²) in [5.74, 6) is 2.43. The van der Waals surface area contributed by atoms with Gasteiger partial charge in [0.15, 0.2) is 23.7 Å². The number of likely N-dealkylation sites (tertiary alicyclic amines) is 1. The number of hydrogen-bond acceptors (Lipinski definition) is 6. The highest BCUT2D eigenvalue weighted by Crippen LogP contribution is 2.26. The molecule has 10 heteroatoms. The smallest absolute Gasteiger partial charge is 0.252 e. The van der Waals surface area contributed by atoms with E-state index >= 15 is 0 Å². The summed E-state index contributed by atoms with van der Waals surface area (Å²) in [4.78, 5) is 20.8. The maximum atomic E-state index is 13.6. The van der Waals surface area contributed by atoms with Crippen molar-refractivity contribution in [3.8, 4) is 17.6 Å². The quantitative estimate of drug-likeness (QED) is 0.326. The molecule has 3 aromatic rings. The first-order valence-corrected chi connectivity index (χ1v) is 13.7. The lowest BCUT2D eigenvalue weighted by Crippen LogP contribution is -2.40. The van der Waals surface area contributed by atoms with E-state index in [4.69, 9.17) is 4.74 Å². The van der Waals surface area contributed by atoms with Crippen molar-refractivity contribution in [2.75, 3.05) is 33.3 Å². The first-order chi connectivity index (χ1) is 20.3. The number of hydrogen-bond donors (Lipinski definition) is 2. The molecule has 1 amide bonds. The maximum absolute atomic E-state index is 13.6. The summed E-state index contributed by atoms with van der Waals surface area (Å²) in [6.07, 6.45) is 7.11. The van der Waals surface area contributed by atoms with Crippen LogP contribution in [0.1, 0.15) is 24.0 Å². The molecule has 0 spiro atoms. The topological polar surface area (TPSA) is 77.9 Å². The van der Waals surface area contributed by atoms with Crippen LogP contribution in [0.5, 0.6) is 5.75 Å². The molecule has 0 saturated carbocycles. The van der Waals surface area contributed by atoms with Crippen LogP contribution in [0.3, 0.4) is 0 Å². The van der Waals surface area contributed by atoms with E-state index in [1.807, 2.05) is 24.3 Å². The van der Waals surface area contributed by atoms with Crippen molar-refractivity contribution in [1.29, 1.82) is 0 Å². The van der Waals surface area contributed by atoms with Crippen LogP contribution in [0.2, 0.25) is 0 Å². The van der Waals surface area contributed by atoms with Gasteiger partial charge < -0.3 is 25.0 Å². The number of aliphatic hydroxyl groups excluding tert-OH is 1. The molecular weight excluding hydrogens is 545 g/mol. The lowest BCUT2D eigenvalue weighted by atomic mass is 9.99. The molecule has 7 nitrogen and oxygen atoms in total. The molecular formula is C32H31F3N4O3. The van der Waals surface area contributed by atoms with Crippen molar-refractivity contribution < 1.29 is 27.8 Å². The van der Waals surface area contributed by atoms with Gasteiger partial charge in [-0.15, -0.1) is 0 Å². The van der Waals surface area contributed by atoms with Gasteiger partial charge in [-0.05, 0) is 80.5 Å². The van der Waals surface area contributed by atoms with Crippen LogP contribution in [0.4, 0.5) is 13.2 Å². The van der Waals surface area contributed by atoms with Crippen LogP contribution in [0, 0.1) is 35.2 Å². The molecule has 3 heterocycles. The molecule has 2 aliphatic rings. The Morgan fingerprint density at radius 2 is 2.00 bits per heavy atom. The number of halogens is 3. The molecule has 2 N–H and O–H groups in total. The fraction of sp³-hybridized carbons (Fsp3) is 0.312. The minimum atomic E-state index is -1.56. The fourth-order valence-electron chi connectivity index (χ4n) is 5.16. The number of nitrogens with one attached hydrogen (secondary N) is 1. The van der Waals surface area contributed by atoms with Gasteiger partial charge in [0.25, 0.3) is 5.91 Å². The van der Waals surface area contributed by atoms with Crippen molar-refractivity contribution in [2.24, 2.45) is 5.92 Å². The second-order valence-electron chi connectivity index (χ2n) is 10.5. The third kappa shape index (κ3) is 6.93. The average molecular weight is 577 g/mol. The number of amides is 1. The Bertz CT molecular complexity index is 1570. The summed E-state index contributed by atoms with van der Waals surface area (Å²) in [6, 6.07) is 9.19. The van der Waals surface area contributed by atoms with E-state index in [1.165, 1.54) is 29.7 Å². The second kappa shape index (κ2) is 13.1. The predicted molar refractivity (Wildman–Crippen MR) is 152 cm³/mol. The van der Waals surface area contributed by atoms with Crippen LogP contribution in [0.25, 0.3) is 10.9 Å².